The lowest BCUT2D eigenvalue weighted by molar-refractivity contribution is -0.186. The molecule has 1 saturated carbocycles. The topological polar surface area (TPSA) is 101 Å². The molecule has 0 bridgehead atoms. The van der Waals surface area contributed by atoms with Crippen molar-refractivity contribution < 1.29 is 38.4 Å². The number of ether oxygens (including phenoxy) is 5. The Bertz CT molecular complexity index is 465. The van der Waals surface area contributed by atoms with Crippen molar-refractivity contribution in [3.05, 3.63) is 0 Å². The highest BCUT2D eigenvalue weighted by molar-refractivity contribution is 5.76. The average molecular weight is 405 g/mol. The van der Waals surface area contributed by atoms with Gasteiger partial charge in [0.25, 0.3) is 0 Å². The molecule has 164 valence electrons. The van der Waals surface area contributed by atoms with Crippen LogP contribution >= 0.6 is 0 Å². The fourth-order valence-corrected chi connectivity index (χ4v) is 2.80. The largest absolute Gasteiger partial charge is 0.481 e. The monoisotopic (exact) mass is 404 g/mol. The molecular weight excluding hydrogens is 368 g/mol. The zero-order valence-corrected chi connectivity index (χ0v) is 17.6. The summed E-state index contributed by atoms with van der Waals surface area (Å²) in [6.45, 7) is 9.08. The van der Waals surface area contributed by atoms with Crippen LogP contribution in [0.2, 0.25) is 0 Å². The Hall–Kier alpha value is -1.22. The molecule has 0 aromatic carbocycles. The van der Waals surface area contributed by atoms with Crippen LogP contribution in [-0.4, -0.2) is 62.7 Å². The van der Waals surface area contributed by atoms with E-state index in [0.29, 0.717) is 32.5 Å². The van der Waals surface area contributed by atoms with Gasteiger partial charge in [-0.3, -0.25) is 9.59 Å². The lowest BCUT2D eigenvalue weighted by atomic mass is 9.85. The molecule has 0 saturated heterocycles. The van der Waals surface area contributed by atoms with Crippen molar-refractivity contribution >= 4 is 11.9 Å². The molecule has 3 unspecified atom stereocenters. The van der Waals surface area contributed by atoms with E-state index in [4.69, 9.17) is 28.8 Å². The third kappa shape index (κ3) is 9.32. The molecule has 1 aliphatic carbocycles. The van der Waals surface area contributed by atoms with Gasteiger partial charge in [0.1, 0.15) is 19.7 Å². The normalized spacial score (nSPS) is 22.8. The second-order valence-electron chi connectivity index (χ2n) is 7.72. The molecule has 8 nitrogen and oxygen atoms in total. The van der Waals surface area contributed by atoms with Crippen LogP contribution in [0.1, 0.15) is 59.8 Å². The molecule has 1 fully saturated rings. The zero-order valence-electron chi connectivity index (χ0n) is 17.6. The van der Waals surface area contributed by atoms with Crippen LogP contribution in [0.5, 0.6) is 0 Å². The quantitative estimate of drug-likeness (QED) is 0.268. The molecule has 0 aliphatic heterocycles. The molecule has 0 heterocycles. The fourth-order valence-electron chi connectivity index (χ4n) is 2.80. The number of hydrogen-bond acceptors (Lipinski definition) is 7. The van der Waals surface area contributed by atoms with Crippen molar-refractivity contribution in [2.75, 3.05) is 33.4 Å². The number of esters is 1. The molecule has 0 aromatic heterocycles. The summed E-state index contributed by atoms with van der Waals surface area (Å²) in [6, 6.07) is 0. The SMILES string of the molecule is CCOCOCC1CCC(OC(=O)C(C)(C)CC)C(OCOCCC(=O)O)C1. The van der Waals surface area contributed by atoms with Crippen LogP contribution in [0, 0.1) is 11.3 Å². The van der Waals surface area contributed by atoms with E-state index in [1.165, 1.54) is 0 Å². The summed E-state index contributed by atoms with van der Waals surface area (Å²) in [5.74, 6) is -0.872. The molecule has 1 aliphatic rings. The van der Waals surface area contributed by atoms with Crippen LogP contribution in [0.25, 0.3) is 0 Å². The molecule has 1 rings (SSSR count). The summed E-state index contributed by atoms with van der Waals surface area (Å²) in [6.07, 6.45) is 2.20. The molecule has 8 heteroatoms. The van der Waals surface area contributed by atoms with E-state index in [2.05, 4.69) is 0 Å². The van der Waals surface area contributed by atoms with E-state index in [1.54, 1.807) is 0 Å². The predicted molar refractivity (Wildman–Crippen MR) is 102 cm³/mol. The van der Waals surface area contributed by atoms with E-state index in [0.717, 1.165) is 6.42 Å². The Morgan fingerprint density at radius 3 is 2.43 bits per heavy atom. The number of hydrogen-bond donors (Lipinski definition) is 1. The Morgan fingerprint density at radius 1 is 1.04 bits per heavy atom. The van der Waals surface area contributed by atoms with E-state index in [-0.39, 0.29) is 50.7 Å². The van der Waals surface area contributed by atoms with E-state index < -0.39 is 11.4 Å². The molecular formula is C20H36O8. The van der Waals surface area contributed by atoms with Gasteiger partial charge in [0.2, 0.25) is 0 Å². The van der Waals surface area contributed by atoms with Crippen molar-refractivity contribution in [2.45, 2.75) is 72.0 Å². The average Bonchev–Trinajstić information content (AvgIpc) is 2.66. The zero-order chi connectivity index (χ0) is 21.0. The van der Waals surface area contributed by atoms with Crippen molar-refractivity contribution in [3.63, 3.8) is 0 Å². The number of carboxylic acids is 1. The summed E-state index contributed by atoms with van der Waals surface area (Å²) in [4.78, 5) is 23.0. The first kappa shape index (κ1) is 24.8. The first-order valence-electron chi connectivity index (χ1n) is 10.1. The van der Waals surface area contributed by atoms with E-state index in [1.807, 2.05) is 27.7 Å². The van der Waals surface area contributed by atoms with Crippen LogP contribution < -0.4 is 0 Å². The van der Waals surface area contributed by atoms with Crippen LogP contribution in [-0.2, 0) is 33.3 Å². The summed E-state index contributed by atoms with van der Waals surface area (Å²) < 4.78 is 27.5. The highest BCUT2D eigenvalue weighted by Gasteiger charge is 2.37. The first-order chi connectivity index (χ1) is 13.3. The fraction of sp³-hybridized carbons (Fsp3) is 0.900. The van der Waals surface area contributed by atoms with Gasteiger partial charge in [-0.25, -0.2) is 0 Å². The van der Waals surface area contributed by atoms with Gasteiger partial charge in [0, 0.05) is 6.61 Å². The smallest absolute Gasteiger partial charge is 0.311 e. The van der Waals surface area contributed by atoms with Crippen molar-refractivity contribution in [2.24, 2.45) is 11.3 Å². The van der Waals surface area contributed by atoms with Crippen molar-refractivity contribution in [3.8, 4) is 0 Å². The van der Waals surface area contributed by atoms with Gasteiger partial charge < -0.3 is 28.8 Å². The number of carbonyl (C=O) groups is 2. The minimum Gasteiger partial charge on any atom is -0.481 e. The molecule has 1 N–H and O–H groups in total. The van der Waals surface area contributed by atoms with Gasteiger partial charge in [-0.2, -0.15) is 0 Å². The minimum atomic E-state index is -0.919. The summed E-state index contributed by atoms with van der Waals surface area (Å²) >= 11 is 0. The van der Waals surface area contributed by atoms with E-state index >= 15 is 0 Å². The Labute approximate surface area is 167 Å². The van der Waals surface area contributed by atoms with Gasteiger partial charge in [-0.1, -0.05) is 6.92 Å². The predicted octanol–water partition coefficient (Wildman–Crippen LogP) is 2.98. The maximum Gasteiger partial charge on any atom is 0.311 e. The van der Waals surface area contributed by atoms with Crippen LogP contribution in [0.4, 0.5) is 0 Å². The summed E-state index contributed by atoms with van der Waals surface area (Å²) in [5.41, 5.74) is -0.542. The second kappa shape index (κ2) is 13.1. The molecule has 0 spiro atoms. The number of aliphatic carboxylic acids is 1. The molecule has 0 radical (unpaired) electrons. The molecule has 3 atom stereocenters. The van der Waals surface area contributed by atoms with Gasteiger partial charge in [-0.15, -0.1) is 0 Å². The maximum atomic E-state index is 12.5. The Morgan fingerprint density at radius 2 is 1.79 bits per heavy atom. The number of carbonyl (C=O) groups excluding carboxylic acids is 1. The molecule has 28 heavy (non-hydrogen) atoms. The van der Waals surface area contributed by atoms with Gasteiger partial charge in [0.15, 0.2) is 0 Å². The lowest BCUT2D eigenvalue weighted by Gasteiger charge is -2.36. The standard InChI is InChI=1S/C20H36O8/c1-5-20(3,4)19(23)28-16-8-7-15(12-26-13-24-6-2)11-17(16)27-14-25-10-9-18(21)22/h15-17H,5-14H2,1-4H3,(H,21,22). The highest BCUT2D eigenvalue weighted by atomic mass is 16.7. The van der Waals surface area contributed by atoms with Crippen molar-refractivity contribution in [1.82, 2.24) is 0 Å². The summed E-state index contributed by atoms with van der Waals surface area (Å²) in [5, 5.41) is 8.66. The third-order valence-electron chi connectivity index (χ3n) is 5.08. The first-order valence-corrected chi connectivity index (χ1v) is 10.1. The third-order valence-corrected chi connectivity index (χ3v) is 5.08. The van der Waals surface area contributed by atoms with Crippen LogP contribution in [0.15, 0.2) is 0 Å². The Kier molecular flexibility index (Phi) is 11.6. The Balaban J connectivity index is 2.56. The van der Waals surface area contributed by atoms with Crippen molar-refractivity contribution in [1.29, 1.82) is 0 Å². The minimum absolute atomic E-state index is 0.0321. The van der Waals surface area contributed by atoms with Gasteiger partial charge >= 0.3 is 11.9 Å². The molecule has 0 amide bonds. The van der Waals surface area contributed by atoms with E-state index in [9.17, 15) is 9.59 Å². The second-order valence-corrected chi connectivity index (χ2v) is 7.72. The summed E-state index contributed by atoms with van der Waals surface area (Å²) in [7, 11) is 0. The highest BCUT2D eigenvalue weighted by Crippen LogP contribution is 2.31. The van der Waals surface area contributed by atoms with Gasteiger partial charge in [-0.05, 0) is 52.4 Å². The lowest BCUT2D eigenvalue weighted by Crippen LogP contribution is -2.43. The maximum absolute atomic E-state index is 12.5. The van der Waals surface area contributed by atoms with Gasteiger partial charge in [0.05, 0.1) is 31.2 Å². The number of carboxylic acid groups (broad SMARTS) is 1. The molecule has 0 aromatic rings. The van der Waals surface area contributed by atoms with Crippen LogP contribution in [0.3, 0.4) is 0 Å². The number of rotatable bonds is 14.